The summed E-state index contributed by atoms with van der Waals surface area (Å²) in [7, 11) is 2.32. The van der Waals surface area contributed by atoms with Crippen LogP contribution in [0.15, 0.2) is 0 Å². The number of hydrogen-bond acceptors (Lipinski definition) is 2. The number of hydrogen-bond donors (Lipinski definition) is 1. The number of rotatable bonds is 6. The molecule has 1 atom stereocenters. The molecule has 2 fully saturated rings. The summed E-state index contributed by atoms with van der Waals surface area (Å²) in [5, 5.41) is 3.66. The predicted molar refractivity (Wildman–Crippen MR) is 78.9 cm³/mol. The first-order chi connectivity index (χ1) is 8.84. The van der Waals surface area contributed by atoms with E-state index >= 15 is 0 Å². The summed E-state index contributed by atoms with van der Waals surface area (Å²) in [5.74, 6) is 0.997. The zero-order chi connectivity index (χ0) is 12.6. The quantitative estimate of drug-likeness (QED) is 0.779. The summed E-state index contributed by atoms with van der Waals surface area (Å²) >= 11 is 0. The van der Waals surface area contributed by atoms with Crippen LogP contribution >= 0.6 is 0 Å². The molecule has 0 spiro atoms. The maximum atomic E-state index is 3.66. The van der Waals surface area contributed by atoms with Gasteiger partial charge in [-0.05, 0) is 64.6 Å². The van der Waals surface area contributed by atoms with Crippen molar-refractivity contribution in [3.8, 4) is 0 Å². The van der Waals surface area contributed by atoms with E-state index in [9.17, 15) is 0 Å². The van der Waals surface area contributed by atoms with Gasteiger partial charge in [0.2, 0.25) is 0 Å². The van der Waals surface area contributed by atoms with Gasteiger partial charge in [-0.3, -0.25) is 0 Å². The van der Waals surface area contributed by atoms with E-state index in [0.717, 1.165) is 12.0 Å². The molecule has 1 aliphatic heterocycles. The number of nitrogens with one attached hydrogen (secondary N) is 1. The Morgan fingerprint density at radius 3 is 2.50 bits per heavy atom. The third-order valence-corrected chi connectivity index (χ3v) is 4.80. The van der Waals surface area contributed by atoms with Crippen molar-refractivity contribution >= 4 is 0 Å². The second-order valence-electron chi connectivity index (χ2n) is 6.56. The van der Waals surface area contributed by atoms with Crippen molar-refractivity contribution in [3.63, 3.8) is 0 Å². The van der Waals surface area contributed by atoms with Crippen molar-refractivity contribution in [3.05, 3.63) is 0 Å². The molecule has 1 saturated carbocycles. The molecule has 18 heavy (non-hydrogen) atoms. The third-order valence-electron chi connectivity index (χ3n) is 4.80. The van der Waals surface area contributed by atoms with Gasteiger partial charge in [-0.1, -0.05) is 25.7 Å². The maximum absolute atomic E-state index is 3.66. The van der Waals surface area contributed by atoms with Gasteiger partial charge in [-0.15, -0.1) is 0 Å². The average Bonchev–Trinajstić information content (AvgIpc) is 2.41. The lowest BCUT2D eigenvalue weighted by Gasteiger charge is -2.28. The van der Waals surface area contributed by atoms with Crippen LogP contribution in [0.25, 0.3) is 0 Å². The fraction of sp³-hybridized carbons (Fsp3) is 1.00. The first kappa shape index (κ1) is 14.3. The van der Waals surface area contributed by atoms with Crippen LogP contribution in [0, 0.1) is 5.92 Å². The van der Waals surface area contributed by atoms with E-state index < -0.39 is 0 Å². The summed E-state index contributed by atoms with van der Waals surface area (Å²) in [6.07, 6.45) is 14.4. The molecule has 1 N–H and O–H groups in total. The Balaban J connectivity index is 1.52. The van der Waals surface area contributed by atoms with Crippen molar-refractivity contribution in [2.45, 2.75) is 70.3 Å². The minimum Gasteiger partial charge on any atom is -0.314 e. The van der Waals surface area contributed by atoms with E-state index in [1.54, 1.807) is 0 Å². The van der Waals surface area contributed by atoms with Crippen molar-refractivity contribution in [1.82, 2.24) is 10.2 Å². The van der Waals surface area contributed by atoms with Crippen LogP contribution < -0.4 is 5.32 Å². The first-order valence-corrected chi connectivity index (χ1v) is 8.26. The van der Waals surface area contributed by atoms with Gasteiger partial charge >= 0.3 is 0 Å². The number of nitrogens with zero attached hydrogens (tertiary/aromatic N) is 1. The molecule has 2 nitrogen and oxygen atoms in total. The Morgan fingerprint density at radius 2 is 1.78 bits per heavy atom. The maximum Gasteiger partial charge on any atom is 0.00675 e. The molecule has 0 aromatic carbocycles. The van der Waals surface area contributed by atoms with Gasteiger partial charge in [0, 0.05) is 12.6 Å². The third kappa shape index (κ3) is 5.27. The molecule has 2 rings (SSSR count). The number of piperidine rings is 1. The van der Waals surface area contributed by atoms with E-state index in [1.165, 1.54) is 83.8 Å². The zero-order valence-corrected chi connectivity index (χ0v) is 12.3. The molecule has 1 heterocycles. The van der Waals surface area contributed by atoms with Crippen molar-refractivity contribution < 1.29 is 0 Å². The Morgan fingerprint density at radius 1 is 1.00 bits per heavy atom. The topological polar surface area (TPSA) is 15.3 Å². The molecular formula is C16H32N2. The molecule has 0 aromatic rings. The fourth-order valence-electron chi connectivity index (χ4n) is 3.68. The highest BCUT2D eigenvalue weighted by molar-refractivity contribution is 4.73. The minimum atomic E-state index is 0.821. The van der Waals surface area contributed by atoms with Crippen LogP contribution in [0.5, 0.6) is 0 Å². The monoisotopic (exact) mass is 252 g/mol. The molecule has 2 aliphatic rings. The van der Waals surface area contributed by atoms with Crippen LogP contribution in [0.4, 0.5) is 0 Å². The van der Waals surface area contributed by atoms with Gasteiger partial charge in [0.1, 0.15) is 0 Å². The molecule has 0 bridgehead atoms. The summed E-state index contributed by atoms with van der Waals surface area (Å²) in [6, 6.07) is 0.821. The van der Waals surface area contributed by atoms with E-state index in [2.05, 4.69) is 17.3 Å². The Hall–Kier alpha value is -0.0800. The predicted octanol–water partition coefficient (Wildman–Crippen LogP) is 3.42. The van der Waals surface area contributed by atoms with Crippen molar-refractivity contribution in [2.75, 3.05) is 26.7 Å². The minimum absolute atomic E-state index is 0.821. The Kier molecular flexibility index (Phi) is 6.50. The molecule has 0 aromatic heterocycles. The SMILES string of the molecule is CN(CCCC1CCCCN1)CC1CCCCC1. The lowest BCUT2D eigenvalue weighted by Crippen LogP contribution is -2.35. The second-order valence-corrected chi connectivity index (χ2v) is 6.56. The van der Waals surface area contributed by atoms with Gasteiger partial charge in [0.25, 0.3) is 0 Å². The zero-order valence-electron chi connectivity index (χ0n) is 12.3. The highest BCUT2D eigenvalue weighted by atomic mass is 15.1. The molecule has 0 amide bonds. The smallest absolute Gasteiger partial charge is 0.00675 e. The van der Waals surface area contributed by atoms with Crippen LogP contribution in [0.3, 0.4) is 0 Å². The molecular weight excluding hydrogens is 220 g/mol. The fourth-order valence-corrected chi connectivity index (χ4v) is 3.68. The van der Waals surface area contributed by atoms with Gasteiger partial charge in [0.05, 0.1) is 0 Å². The van der Waals surface area contributed by atoms with Crippen LogP contribution in [0.2, 0.25) is 0 Å². The van der Waals surface area contributed by atoms with Crippen LogP contribution in [-0.2, 0) is 0 Å². The summed E-state index contributed by atoms with van der Waals surface area (Å²) < 4.78 is 0. The molecule has 1 unspecified atom stereocenters. The molecule has 2 heteroatoms. The summed E-state index contributed by atoms with van der Waals surface area (Å²) in [5.41, 5.74) is 0. The van der Waals surface area contributed by atoms with E-state index in [4.69, 9.17) is 0 Å². The largest absolute Gasteiger partial charge is 0.314 e. The van der Waals surface area contributed by atoms with Crippen molar-refractivity contribution in [1.29, 1.82) is 0 Å². The van der Waals surface area contributed by atoms with Crippen LogP contribution in [-0.4, -0.2) is 37.6 Å². The summed E-state index contributed by atoms with van der Waals surface area (Å²) in [6.45, 7) is 3.90. The average molecular weight is 252 g/mol. The molecule has 106 valence electrons. The second kappa shape index (κ2) is 8.16. The van der Waals surface area contributed by atoms with Gasteiger partial charge in [0.15, 0.2) is 0 Å². The normalized spacial score (nSPS) is 26.7. The molecule has 0 radical (unpaired) electrons. The van der Waals surface area contributed by atoms with E-state index in [1.807, 2.05) is 0 Å². The van der Waals surface area contributed by atoms with Gasteiger partial charge < -0.3 is 10.2 Å². The van der Waals surface area contributed by atoms with E-state index in [0.29, 0.717) is 0 Å². The van der Waals surface area contributed by atoms with Gasteiger partial charge in [-0.25, -0.2) is 0 Å². The first-order valence-electron chi connectivity index (χ1n) is 8.26. The standard InChI is InChI=1S/C16H32N2/c1-18(14-15-8-3-2-4-9-15)13-7-11-16-10-5-6-12-17-16/h15-17H,2-14H2,1H3. The van der Waals surface area contributed by atoms with Crippen molar-refractivity contribution in [2.24, 2.45) is 5.92 Å². The van der Waals surface area contributed by atoms with E-state index in [-0.39, 0.29) is 0 Å². The highest BCUT2D eigenvalue weighted by Crippen LogP contribution is 2.24. The lowest BCUT2D eigenvalue weighted by molar-refractivity contribution is 0.226. The van der Waals surface area contributed by atoms with Crippen LogP contribution in [0.1, 0.15) is 64.2 Å². The lowest BCUT2D eigenvalue weighted by atomic mass is 9.89. The van der Waals surface area contributed by atoms with Gasteiger partial charge in [-0.2, -0.15) is 0 Å². The summed E-state index contributed by atoms with van der Waals surface area (Å²) in [4.78, 5) is 2.58. The Bertz CT molecular complexity index is 205. The Labute approximate surface area is 114 Å². The molecule has 1 saturated heterocycles. The highest BCUT2D eigenvalue weighted by Gasteiger charge is 2.16. The molecule has 1 aliphatic carbocycles.